The van der Waals surface area contributed by atoms with E-state index in [1.54, 1.807) is 6.20 Å². The molecule has 4 aromatic rings. The smallest absolute Gasteiger partial charge is 0.231 e. The lowest BCUT2D eigenvalue weighted by molar-refractivity contribution is 0.174. The van der Waals surface area contributed by atoms with E-state index in [1.165, 1.54) is 0 Å². The molecule has 1 atom stereocenters. The van der Waals surface area contributed by atoms with Crippen molar-refractivity contribution < 1.29 is 18.9 Å². The van der Waals surface area contributed by atoms with Gasteiger partial charge >= 0.3 is 0 Å². The Bertz CT molecular complexity index is 1440. The highest BCUT2D eigenvalue weighted by molar-refractivity contribution is 5.95. The lowest BCUT2D eigenvalue weighted by atomic mass is 10.1. The van der Waals surface area contributed by atoms with Crippen molar-refractivity contribution in [1.29, 1.82) is 0 Å². The van der Waals surface area contributed by atoms with Crippen LogP contribution < -0.4 is 30.0 Å². The van der Waals surface area contributed by atoms with Crippen LogP contribution in [0.15, 0.2) is 41.5 Å². The summed E-state index contributed by atoms with van der Waals surface area (Å²) in [4.78, 5) is 9.44. The molecule has 4 N–H and O–H groups in total. The zero-order chi connectivity index (χ0) is 21.9. The number of hydrogen-bond donors (Lipinski definition) is 3. The summed E-state index contributed by atoms with van der Waals surface area (Å²) in [5.74, 6) is 3.64. The Hall–Kier alpha value is -4.41. The third-order valence-electron chi connectivity index (χ3n) is 5.91. The number of guanidine groups is 1. The van der Waals surface area contributed by atoms with Crippen molar-refractivity contribution in [3.63, 3.8) is 0 Å². The Labute approximate surface area is 187 Å². The van der Waals surface area contributed by atoms with E-state index in [-0.39, 0.29) is 12.8 Å². The third kappa shape index (κ3) is 2.78. The molecule has 0 spiro atoms. The second-order valence-corrected chi connectivity index (χ2v) is 7.92. The molecule has 33 heavy (non-hydrogen) atoms. The van der Waals surface area contributed by atoms with Gasteiger partial charge in [0.1, 0.15) is 0 Å². The molecule has 0 aliphatic carbocycles. The van der Waals surface area contributed by atoms with E-state index in [1.807, 2.05) is 34.9 Å². The second-order valence-electron chi connectivity index (χ2n) is 7.92. The van der Waals surface area contributed by atoms with Gasteiger partial charge in [-0.25, -0.2) is 9.98 Å². The molecule has 2 aromatic carbocycles. The van der Waals surface area contributed by atoms with Gasteiger partial charge in [-0.3, -0.25) is 15.0 Å². The molecule has 3 aliphatic rings. The summed E-state index contributed by atoms with van der Waals surface area (Å²) in [6.45, 7) is 1.42. The van der Waals surface area contributed by atoms with Crippen LogP contribution in [0.3, 0.4) is 0 Å². The van der Waals surface area contributed by atoms with Crippen molar-refractivity contribution in [2.45, 2.75) is 12.6 Å². The number of imidazole rings is 1. The summed E-state index contributed by atoms with van der Waals surface area (Å²) in [5, 5.41) is 10.5. The monoisotopic (exact) mass is 445 g/mol. The van der Waals surface area contributed by atoms with Crippen molar-refractivity contribution in [2.24, 2.45) is 10.7 Å². The molecule has 11 heteroatoms. The standard InChI is InChI=1S/C22H19N7O4/c23-21-26-20(12-9-24-28-19(12)11-2-3-15-16(6-11)33-10-32-15)29-14-8-18-17(30-4-1-5-31-18)7-13(14)25-22(29)27-21/h2-3,6-9,20H,1,4-5,10H2,(H,24,28)(H3,23,25,26,27). The Morgan fingerprint density at radius 1 is 0.970 bits per heavy atom. The summed E-state index contributed by atoms with van der Waals surface area (Å²) in [5.41, 5.74) is 10.3. The molecule has 0 saturated carbocycles. The maximum atomic E-state index is 6.14. The summed E-state index contributed by atoms with van der Waals surface area (Å²) in [6, 6.07) is 9.60. The van der Waals surface area contributed by atoms with Crippen molar-refractivity contribution in [2.75, 3.05) is 25.3 Å². The molecule has 0 amide bonds. The highest BCUT2D eigenvalue weighted by atomic mass is 16.7. The molecule has 166 valence electrons. The molecule has 2 aromatic heterocycles. The molecular weight excluding hydrogens is 426 g/mol. The van der Waals surface area contributed by atoms with Crippen molar-refractivity contribution in [3.05, 3.63) is 42.1 Å². The van der Waals surface area contributed by atoms with Gasteiger partial charge in [-0.1, -0.05) is 0 Å². The minimum Gasteiger partial charge on any atom is -0.489 e. The highest BCUT2D eigenvalue weighted by Crippen LogP contribution is 2.42. The van der Waals surface area contributed by atoms with Crippen LogP contribution in [0.4, 0.5) is 5.95 Å². The Morgan fingerprint density at radius 2 is 1.79 bits per heavy atom. The van der Waals surface area contributed by atoms with E-state index < -0.39 is 6.17 Å². The number of anilines is 1. The predicted molar refractivity (Wildman–Crippen MR) is 119 cm³/mol. The SMILES string of the molecule is NC1=NC(c2cn[nH]c2-c2ccc3c(c2)OCO3)n2c(nc3cc4c(cc32)OCCCO4)N1. The first-order valence-electron chi connectivity index (χ1n) is 10.6. The normalized spacial score (nSPS) is 18.4. The van der Waals surface area contributed by atoms with Crippen LogP contribution in [0.1, 0.15) is 18.2 Å². The molecule has 3 aliphatic heterocycles. The van der Waals surface area contributed by atoms with E-state index in [0.717, 1.165) is 40.0 Å². The number of hydrogen-bond acceptors (Lipinski definition) is 9. The first kappa shape index (κ1) is 18.2. The number of aliphatic imine (C=N–C) groups is 1. The van der Waals surface area contributed by atoms with Gasteiger partial charge in [-0.05, 0) is 18.2 Å². The zero-order valence-corrected chi connectivity index (χ0v) is 17.4. The van der Waals surface area contributed by atoms with E-state index in [9.17, 15) is 0 Å². The average molecular weight is 445 g/mol. The first-order chi connectivity index (χ1) is 16.2. The molecule has 11 nitrogen and oxygen atoms in total. The predicted octanol–water partition coefficient (Wildman–Crippen LogP) is 2.60. The Kier molecular flexibility index (Phi) is 3.74. The lowest BCUT2D eigenvalue weighted by Crippen LogP contribution is -2.31. The fourth-order valence-corrected chi connectivity index (χ4v) is 4.41. The van der Waals surface area contributed by atoms with Crippen molar-refractivity contribution >= 4 is 22.9 Å². The van der Waals surface area contributed by atoms with Crippen molar-refractivity contribution in [3.8, 4) is 34.3 Å². The van der Waals surface area contributed by atoms with Crippen LogP contribution in [0, 0.1) is 0 Å². The molecule has 7 rings (SSSR count). The van der Waals surface area contributed by atoms with Crippen molar-refractivity contribution in [1.82, 2.24) is 19.7 Å². The van der Waals surface area contributed by atoms with E-state index in [4.69, 9.17) is 34.7 Å². The number of ether oxygens (including phenoxy) is 4. The van der Waals surface area contributed by atoms with Crippen LogP contribution >= 0.6 is 0 Å². The number of fused-ring (bicyclic) bond motifs is 5. The van der Waals surface area contributed by atoms with Crippen LogP contribution in [-0.4, -0.2) is 45.7 Å². The number of H-pyrrole nitrogens is 1. The number of aromatic nitrogens is 4. The van der Waals surface area contributed by atoms with Crippen LogP contribution in [0.2, 0.25) is 0 Å². The molecule has 1 unspecified atom stereocenters. The number of aromatic amines is 1. The van der Waals surface area contributed by atoms with Gasteiger partial charge in [0.2, 0.25) is 12.7 Å². The van der Waals surface area contributed by atoms with E-state index in [2.05, 4.69) is 15.5 Å². The van der Waals surface area contributed by atoms with Gasteiger partial charge in [0.05, 0.1) is 36.1 Å². The largest absolute Gasteiger partial charge is 0.489 e. The number of benzene rings is 2. The number of rotatable bonds is 2. The van der Waals surface area contributed by atoms with Gasteiger partial charge in [-0.15, -0.1) is 0 Å². The highest BCUT2D eigenvalue weighted by Gasteiger charge is 2.30. The summed E-state index contributed by atoms with van der Waals surface area (Å²) in [7, 11) is 0. The zero-order valence-electron chi connectivity index (χ0n) is 17.4. The minimum absolute atomic E-state index is 0.213. The molecule has 0 bridgehead atoms. The Morgan fingerprint density at radius 3 is 2.70 bits per heavy atom. The molecule has 0 fully saturated rings. The number of nitrogens with two attached hydrogens (primary N) is 1. The first-order valence-corrected chi connectivity index (χ1v) is 10.6. The lowest BCUT2D eigenvalue weighted by Gasteiger charge is -2.23. The van der Waals surface area contributed by atoms with Gasteiger partial charge in [0.25, 0.3) is 0 Å². The molecule has 0 saturated heterocycles. The molecule has 0 radical (unpaired) electrons. The molecular formula is C22H19N7O4. The second kappa shape index (κ2) is 6.79. The maximum absolute atomic E-state index is 6.14. The quantitative estimate of drug-likeness (QED) is 0.429. The fourth-order valence-electron chi connectivity index (χ4n) is 4.41. The summed E-state index contributed by atoms with van der Waals surface area (Å²) in [6.07, 6.45) is 2.09. The maximum Gasteiger partial charge on any atom is 0.231 e. The minimum atomic E-state index is -0.491. The van der Waals surface area contributed by atoms with Gasteiger partial charge in [0.15, 0.2) is 35.1 Å². The summed E-state index contributed by atoms with van der Waals surface area (Å²) < 4.78 is 24.7. The third-order valence-corrected chi connectivity index (χ3v) is 5.91. The van der Waals surface area contributed by atoms with Gasteiger partial charge in [-0.2, -0.15) is 5.10 Å². The van der Waals surface area contributed by atoms with Crippen LogP contribution in [0.25, 0.3) is 22.3 Å². The van der Waals surface area contributed by atoms with Crippen LogP contribution in [-0.2, 0) is 0 Å². The topological polar surface area (TPSA) is 134 Å². The fraction of sp³-hybridized carbons (Fsp3) is 0.227. The van der Waals surface area contributed by atoms with E-state index in [0.29, 0.717) is 36.4 Å². The van der Waals surface area contributed by atoms with Gasteiger partial charge in [0, 0.05) is 29.7 Å². The summed E-state index contributed by atoms with van der Waals surface area (Å²) >= 11 is 0. The Balaban J connectivity index is 1.39. The molecule has 5 heterocycles. The van der Waals surface area contributed by atoms with E-state index >= 15 is 0 Å². The van der Waals surface area contributed by atoms with Gasteiger partial charge < -0.3 is 24.7 Å². The van der Waals surface area contributed by atoms with Crippen LogP contribution in [0.5, 0.6) is 23.0 Å². The number of nitrogens with one attached hydrogen (secondary N) is 2. The number of nitrogens with zero attached hydrogens (tertiary/aromatic N) is 4. The average Bonchev–Trinajstić information content (AvgIpc) is 3.51.